The second kappa shape index (κ2) is 12.1. The number of nitrogens with one attached hydrogen (secondary N) is 1. The molecule has 0 aliphatic carbocycles. The van der Waals surface area contributed by atoms with Crippen LogP contribution in [0, 0.1) is 0 Å². The number of anilines is 1. The summed E-state index contributed by atoms with van der Waals surface area (Å²) in [5.74, 6) is -2.96. The molecular weight excluding hydrogens is 663 g/mol. The van der Waals surface area contributed by atoms with Crippen molar-refractivity contribution in [1.82, 2.24) is 0 Å². The zero-order valence-electron chi connectivity index (χ0n) is 21.7. The number of carbonyl (C=O) groups is 1. The number of hydrogen-bond donors (Lipinski definition) is 5. The molecule has 3 aromatic carbocycles. The van der Waals surface area contributed by atoms with E-state index in [1.165, 1.54) is 0 Å². The Kier molecular flexibility index (Phi) is 9.48. The van der Waals surface area contributed by atoms with Crippen molar-refractivity contribution < 1.29 is 66.2 Å². The number of nitrogens with zero attached hydrogens (tertiary/aromatic N) is 2. The highest BCUT2D eigenvalue weighted by atomic mass is 32.3. The standard InChI is InChI=1S/C21H21N3O15S4/c1-11(25)22-15-10-14(41(29,30)31)7-12-8-18(42(32,33)34)20(21(26)19(12)15)24-23-13-3-4-16(38-2)17(9-13)40(27,28)6-5-39-43(35,36)37/h3-4,7-10,26H,5-6H2,1-2H3,(H,22,25)(H,29,30,31)(H,32,33,34)(H,35,36,37)/b24-23+. The highest BCUT2D eigenvalue weighted by Crippen LogP contribution is 2.45. The molecule has 0 aliphatic heterocycles. The van der Waals surface area contributed by atoms with Crippen molar-refractivity contribution in [2.45, 2.75) is 21.6 Å². The lowest BCUT2D eigenvalue weighted by Gasteiger charge is -2.14. The Morgan fingerprint density at radius 1 is 0.884 bits per heavy atom. The zero-order chi connectivity index (χ0) is 32.5. The van der Waals surface area contributed by atoms with Gasteiger partial charge in [-0.05, 0) is 41.8 Å². The summed E-state index contributed by atoms with van der Waals surface area (Å²) in [6, 6.07) is 5.34. The number of sulfone groups is 1. The van der Waals surface area contributed by atoms with Crippen LogP contribution in [0.15, 0.2) is 61.3 Å². The summed E-state index contributed by atoms with van der Waals surface area (Å²) in [6.07, 6.45) is 0. The van der Waals surface area contributed by atoms with Crippen LogP contribution in [-0.4, -0.2) is 77.8 Å². The van der Waals surface area contributed by atoms with Gasteiger partial charge in [0.15, 0.2) is 15.6 Å². The number of amides is 1. The average Bonchev–Trinajstić information content (AvgIpc) is 2.85. The van der Waals surface area contributed by atoms with Crippen LogP contribution in [0.5, 0.6) is 11.5 Å². The Morgan fingerprint density at radius 2 is 1.53 bits per heavy atom. The van der Waals surface area contributed by atoms with Crippen molar-refractivity contribution in [1.29, 1.82) is 0 Å². The number of benzene rings is 3. The predicted molar refractivity (Wildman–Crippen MR) is 146 cm³/mol. The third-order valence-electron chi connectivity index (χ3n) is 5.34. The monoisotopic (exact) mass is 683 g/mol. The molecule has 234 valence electrons. The van der Waals surface area contributed by atoms with Gasteiger partial charge in [0.25, 0.3) is 20.2 Å². The number of hydrogen-bond acceptors (Lipinski definition) is 14. The van der Waals surface area contributed by atoms with Crippen LogP contribution in [0.25, 0.3) is 10.8 Å². The van der Waals surface area contributed by atoms with Crippen molar-refractivity contribution >= 4 is 74.2 Å². The SMILES string of the molecule is COc1ccc(/N=N/c2c(S(=O)(=O)O)cc3cc(S(=O)(=O)O)cc(NC(C)=O)c3c2O)cc1S(=O)(=O)CCOS(=O)(=O)O. The fourth-order valence-corrected chi connectivity index (χ4v) is 6.51. The summed E-state index contributed by atoms with van der Waals surface area (Å²) in [6.45, 7) is 0.0645. The van der Waals surface area contributed by atoms with E-state index in [0.29, 0.717) is 6.07 Å². The summed E-state index contributed by atoms with van der Waals surface area (Å²) < 4.78 is 132. The van der Waals surface area contributed by atoms with Gasteiger partial charge < -0.3 is 15.2 Å². The minimum absolute atomic E-state index is 0.229. The van der Waals surface area contributed by atoms with E-state index in [2.05, 4.69) is 19.7 Å². The van der Waals surface area contributed by atoms with Crippen molar-refractivity contribution in [3.05, 3.63) is 36.4 Å². The van der Waals surface area contributed by atoms with Crippen molar-refractivity contribution in [3.8, 4) is 11.5 Å². The number of methoxy groups -OCH3 is 1. The predicted octanol–water partition coefficient (Wildman–Crippen LogP) is 2.01. The lowest BCUT2D eigenvalue weighted by atomic mass is 10.1. The first-order valence-corrected chi connectivity index (χ1v) is 17.0. The van der Waals surface area contributed by atoms with Gasteiger partial charge in [-0.15, -0.1) is 5.11 Å². The van der Waals surface area contributed by atoms with Gasteiger partial charge in [0, 0.05) is 12.3 Å². The second-order valence-corrected chi connectivity index (χ2v) is 14.4. The molecule has 18 nitrogen and oxygen atoms in total. The molecule has 0 heterocycles. The van der Waals surface area contributed by atoms with Crippen molar-refractivity contribution in [3.63, 3.8) is 0 Å². The van der Waals surface area contributed by atoms with Gasteiger partial charge in [0.05, 0.1) is 35.7 Å². The minimum atomic E-state index is -5.21. The maximum Gasteiger partial charge on any atom is 0.397 e. The Morgan fingerprint density at radius 3 is 2.07 bits per heavy atom. The molecule has 0 aromatic heterocycles. The molecule has 0 aliphatic rings. The summed E-state index contributed by atoms with van der Waals surface area (Å²) >= 11 is 0. The fraction of sp³-hybridized carbons (Fsp3) is 0.190. The quantitative estimate of drug-likeness (QED) is 0.143. The molecule has 0 spiro atoms. The largest absolute Gasteiger partial charge is 0.505 e. The summed E-state index contributed by atoms with van der Waals surface area (Å²) in [5.41, 5.74) is -1.61. The van der Waals surface area contributed by atoms with Crippen LogP contribution in [0.4, 0.5) is 17.1 Å². The maximum absolute atomic E-state index is 12.8. The molecule has 22 heteroatoms. The molecule has 3 aromatic rings. The second-order valence-electron chi connectivity index (χ2n) is 8.38. The first-order chi connectivity index (χ1) is 19.6. The topological polar surface area (TPSA) is 290 Å². The van der Waals surface area contributed by atoms with Crippen LogP contribution < -0.4 is 10.1 Å². The number of carbonyl (C=O) groups excluding carboxylic acids is 1. The Balaban J connectivity index is 2.24. The Bertz CT molecular complexity index is 2090. The van der Waals surface area contributed by atoms with E-state index >= 15 is 0 Å². The van der Waals surface area contributed by atoms with Crippen molar-refractivity contribution in [2.24, 2.45) is 10.2 Å². The van der Waals surface area contributed by atoms with Gasteiger partial charge in [0.1, 0.15) is 21.2 Å². The normalized spacial score (nSPS) is 13.0. The van der Waals surface area contributed by atoms with Crippen LogP contribution >= 0.6 is 0 Å². The van der Waals surface area contributed by atoms with Gasteiger partial charge in [-0.3, -0.25) is 18.5 Å². The van der Waals surface area contributed by atoms with E-state index < -0.39 is 90.6 Å². The molecule has 0 unspecified atom stereocenters. The van der Waals surface area contributed by atoms with Crippen LogP contribution in [0.1, 0.15) is 6.92 Å². The van der Waals surface area contributed by atoms with E-state index in [1.54, 1.807) is 0 Å². The van der Waals surface area contributed by atoms with Gasteiger partial charge in [0.2, 0.25) is 5.91 Å². The molecule has 0 fully saturated rings. The molecule has 1 amide bonds. The van der Waals surface area contributed by atoms with E-state index in [-0.39, 0.29) is 22.2 Å². The number of azo groups is 1. The molecular formula is C21H21N3O15S4. The van der Waals surface area contributed by atoms with Gasteiger partial charge in [-0.25, -0.2) is 12.6 Å². The molecule has 3 rings (SSSR count). The molecule has 0 atom stereocenters. The first kappa shape index (κ1) is 33.7. The van der Waals surface area contributed by atoms with E-state index in [0.717, 1.165) is 44.4 Å². The summed E-state index contributed by atoms with van der Waals surface area (Å²) in [4.78, 5) is 9.30. The molecule has 0 saturated heterocycles. The fourth-order valence-electron chi connectivity index (χ4n) is 3.63. The average molecular weight is 684 g/mol. The Labute approximate surface area is 244 Å². The molecule has 0 bridgehead atoms. The molecule has 0 saturated carbocycles. The van der Waals surface area contributed by atoms with Crippen molar-refractivity contribution in [2.75, 3.05) is 24.8 Å². The molecule has 5 N–H and O–H groups in total. The smallest absolute Gasteiger partial charge is 0.397 e. The summed E-state index contributed by atoms with van der Waals surface area (Å²) in [5, 5.41) is 19.8. The number of ether oxygens (including phenoxy) is 1. The maximum atomic E-state index is 12.8. The van der Waals surface area contributed by atoms with E-state index in [1.807, 2.05) is 0 Å². The Hall–Kier alpha value is -3.77. The van der Waals surface area contributed by atoms with Crippen LogP contribution in [0.2, 0.25) is 0 Å². The third-order valence-corrected chi connectivity index (χ3v) is 9.20. The number of phenols is 1. The third kappa shape index (κ3) is 8.20. The van der Waals surface area contributed by atoms with Gasteiger partial charge in [-0.2, -0.15) is 30.4 Å². The van der Waals surface area contributed by atoms with E-state index in [4.69, 9.17) is 9.29 Å². The summed E-state index contributed by atoms with van der Waals surface area (Å²) in [7, 11) is -18.3. The first-order valence-electron chi connectivity index (χ1n) is 11.1. The van der Waals surface area contributed by atoms with E-state index in [9.17, 15) is 52.7 Å². The highest BCUT2D eigenvalue weighted by molar-refractivity contribution is 7.91. The molecule has 43 heavy (non-hydrogen) atoms. The lowest BCUT2D eigenvalue weighted by Crippen LogP contribution is -2.16. The minimum Gasteiger partial charge on any atom is -0.505 e. The number of fused-ring (bicyclic) bond motifs is 1. The number of aromatic hydroxyl groups is 1. The zero-order valence-corrected chi connectivity index (χ0v) is 25.0. The van der Waals surface area contributed by atoms with Gasteiger partial charge >= 0.3 is 10.4 Å². The van der Waals surface area contributed by atoms with Gasteiger partial charge in [-0.1, -0.05) is 0 Å². The highest BCUT2D eigenvalue weighted by Gasteiger charge is 2.26. The molecule has 0 radical (unpaired) electrons. The number of rotatable bonds is 11. The lowest BCUT2D eigenvalue weighted by molar-refractivity contribution is -0.114. The van der Waals surface area contributed by atoms with Crippen LogP contribution in [0.3, 0.4) is 0 Å². The number of phenolic OH excluding ortho intramolecular Hbond substituents is 1. The van der Waals surface area contributed by atoms with Crippen LogP contribution in [-0.2, 0) is 49.5 Å².